The molecule has 0 unspecified atom stereocenters. The second-order valence-corrected chi connectivity index (χ2v) is 12.5. The Kier molecular flexibility index (Phi) is 8.58. The van der Waals surface area contributed by atoms with Crippen LogP contribution in [0, 0.1) is 12.1 Å². The second-order valence-electron chi connectivity index (χ2n) is 12.5. The number of nitrogens with zero attached hydrogens (tertiary/aromatic N) is 4. The van der Waals surface area contributed by atoms with Gasteiger partial charge in [0.15, 0.2) is 6.33 Å². The van der Waals surface area contributed by atoms with Crippen LogP contribution < -0.4 is 4.74 Å². The van der Waals surface area contributed by atoms with E-state index in [4.69, 9.17) is 9.72 Å². The number of benzene rings is 3. The zero-order chi connectivity index (χ0) is 28.2. The minimum absolute atomic E-state index is 0. The maximum Gasteiger partial charge on any atom is 0.163 e. The summed E-state index contributed by atoms with van der Waals surface area (Å²) in [6, 6.07) is 28.1. The molecular weight excluding hydrogens is 700 g/mol. The van der Waals surface area contributed by atoms with Gasteiger partial charge in [-0.1, -0.05) is 84.8 Å². The van der Waals surface area contributed by atoms with Crippen molar-refractivity contribution >= 4 is 21.8 Å². The van der Waals surface area contributed by atoms with E-state index in [1.807, 2.05) is 42.6 Å². The van der Waals surface area contributed by atoms with Gasteiger partial charge < -0.3 is 9.30 Å². The summed E-state index contributed by atoms with van der Waals surface area (Å²) >= 11 is 0. The summed E-state index contributed by atoms with van der Waals surface area (Å²) in [5.74, 6) is 2.16. The van der Waals surface area contributed by atoms with Crippen LogP contribution in [0.25, 0.3) is 33.3 Å². The van der Waals surface area contributed by atoms with Crippen LogP contribution in [-0.4, -0.2) is 18.7 Å². The minimum atomic E-state index is -0.0544. The van der Waals surface area contributed by atoms with Gasteiger partial charge in [0.1, 0.15) is 18.2 Å². The van der Waals surface area contributed by atoms with Crippen molar-refractivity contribution in [1.29, 1.82) is 0 Å². The van der Waals surface area contributed by atoms with E-state index in [9.17, 15) is 0 Å². The van der Waals surface area contributed by atoms with Crippen molar-refractivity contribution in [2.75, 3.05) is 0 Å². The Bertz CT molecular complexity index is 1870. The maximum atomic E-state index is 6.49. The number of aromatic nitrogens is 4. The molecule has 0 spiro atoms. The van der Waals surface area contributed by atoms with Crippen molar-refractivity contribution in [1.82, 2.24) is 18.7 Å². The predicted molar refractivity (Wildman–Crippen MR) is 170 cm³/mol. The van der Waals surface area contributed by atoms with Crippen LogP contribution in [0.5, 0.6) is 11.5 Å². The molecule has 0 N–H and O–H groups in total. The van der Waals surface area contributed by atoms with Crippen molar-refractivity contribution in [3.05, 3.63) is 109 Å². The standard InChI is InChI=1S/C35H35N4O.CH4.Pt/c1-34(2,3)24-14-15-36-33(20-24)39-31-11-9-8-10-29(31)30-13-12-27(22-32(30)39)40-28-19-25(35(4,5)6)18-26(21-28)38-17-16-37(7)23-38;;/h8-20,23H,1-7H3;1H4;/q-1;;. The van der Waals surface area contributed by atoms with Crippen molar-refractivity contribution in [2.24, 2.45) is 7.05 Å². The van der Waals surface area contributed by atoms with Crippen molar-refractivity contribution in [3.63, 3.8) is 0 Å². The van der Waals surface area contributed by atoms with Crippen LogP contribution >= 0.6 is 0 Å². The van der Waals surface area contributed by atoms with E-state index >= 15 is 0 Å². The molecule has 0 aliphatic rings. The second kappa shape index (κ2) is 11.5. The largest absolute Gasteiger partial charge is 0.508 e. The molecular formula is C36H39N4OPt-. The SMILES string of the molecule is C.Cn1ccn(-c2[c-]c(Oc3[c-]c4c(cc3)c3ccccc3n4-c3cc(C(C)(C)C)ccn3)cc(C(C)(C)C)c2)[cH+]1.[Pt]. The van der Waals surface area contributed by atoms with E-state index in [0.29, 0.717) is 11.5 Å². The number of imidazole rings is 1. The Morgan fingerprint density at radius 2 is 1.52 bits per heavy atom. The number of hydrogen-bond donors (Lipinski definition) is 0. The molecule has 6 rings (SSSR count). The summed E-state index contributed by atoms with van der Waals surface area (Å²) in [7, 11) is 2.01. The molecule has 0 fully saturated rings. The Morgan fingerprint density at radius 3 is 2.21 bits per heavy atom. The van der Waals surface area contributed by atoms with Gasteiger partial charge in [-0.3, -0.25) is 4.57 Å². The first-order chi connectivity index (χ1) is 19.0. The van der Waals surface area contributed by atoms with E-state index in [1.54, 1.807) is 0 Å². The fraction of sp³-hybridized carbons (Fsp3) is 0.278. The Balaban J connectivity index is 0.00000202. The average molecular weight is 739 g/mol. The van der Waals surface area contributed by atoms with Gasteiger partial charge in [-0.05, 0) is 40.0 Å². The van der Waals surface area contributed by atoms with Crippen LogP contribution in [0.3, 0.4) is 0 Å². The van der Waals surface area contributed by atoms with Crippen LogP contribution in [0.4, 0.5) is 0 Å². The van der Waals surface area contributed by atoms with E-state index < -0.39 is 0 Å². The quantitative estimate of drug-likeness (QED) is 0.169. The molecule has 42 heavy (non-hydrogen) atoms. The topological polar surface area (TPSA) is 36.9 Å². The molecule has 0 bridgehead atoms. The molecule has 0 atom stereocenters. The molecule has 3 aromatic heterocycles. The number of aryl methyl sites for hydroxylation is 1. The summed E-state index contributed by atoms with van der Waals surface area (Å²) < 4.78 is 12.8. The molecule has 6 aromatic rings. The Hall–Kier alpha value is -3.69. The fourth-order valence-electron chi connectivity index (χ4n) is 5.05. The monoisotopic (exact) mass is 738 g/mol. The molecule has 0 saturated heterocycles. The normalized spacial score (nSPS) is 11.8. The molecule has 0 radical (unpaired) electrons. The molecule has 0 aliphatic carbocycles. The molecule has 3 aromatic carbocycles. The van der Waals surface area contributed by atoms with E-state index in [1.165, 1.54) is 11.1 Å². The fourth-order valence-corrected chi connectivity index (χ4v) is 5.05. The summed E-state index contributed by atoms with van der Waals surface area (Å²) in [6.07, 6.45) is 7.96. The summed E-state index contributed by atoms with van der Waals surface area (Å²) in [5.41, 5.74) is 5.32. The number of rotatable bonds is 4. The van der Waals surface area contributed by atoms with Gasteiger partial charge in [0, 0.05) is 57.0 Å². The molecule has 0 amide bonds. The van der Waals surface area contributed by atoms with Crippen molar-refractivity contribution < 1.29 is 25.8 Å². The van der Waals surface area contributed by atoms with Gasteiger partial charge in [0.05, 0.1) is 0 Å². The molecule has 220 valence electrons. The van der Waals surface area contributed by atoms with Gasteiger partial charge in [-0.2, -0.15) is 6.07 Å². The maximum absolute atomic E-state index is 6.49. The number of para-hydroxylation sites is 1. The predicted octanol–water partition coefficient (Wildman–Crippen LogP) is 9.21. The summed E-state index contributed by atoms with van der Waals surface area (Å²) in [5, 5.41) is 2.27. The van der Waals surface area contributed by atoms with Gasteiger partial charge in [-0.25, -0.2) is 9.55 Å². The first kappa shape index (κ1) is 31.2. The third kappa shape index (κ3) is 5.94. The Labute approximate surface area is 264 Å². The van der Waals surface area contributed by atoms with E-state index in [-0.39, 0.29) is 39.3 Å². The van der Waals surface area contributed by atoms with Gasteiger partial charge in [0.25, 0.3) is 0 Å². The zero-order valence-electron chi connectivity index (χ0n) is 24.6. The van der Waals surface area contributed by atoms with Crippen LogP contribution in [0.15, 0.2) is 85.6 Å². The molecule has 3 heterocycles. The van der Waals surface area contributed by atoms with Gasteiger partial charge in [-0.15, -0.1) is 29.1 Å². The van der Waals surface area contributed by atoms with Gasteiger partial charge >= 0.3 is 0 Å². The van der Waals surface area contributed by atoms with Crippen LogP contribution in [0.2, 0.25) is 0 Å². The minimum Gasteiger partial charge on any atom is -0.508 e. The van der Waals surface area contributed by atoms with E-state index in [2.05, 4.69) is 117 Å². The van der Waals surface area contributed by atoms with Crippen molar-refractivity contribution in [2.45, 2.75) is 59.8 Å². The Morgan fingerprint density at radius 1 is 0.786 bits per heavy atom. The van der Waals surface area contributed by atoms with Crippen molar-refractivity contribution in [3.8, 4) is 23.0 Å². The summed E-state index contributed by atoms with van der Waals surface area (Å²) in [6.45, 7) is 13.3. The number of fused-ring (bicyclic) bond motifs is 3. The third-order valence-electron chi connectivity index (χ3n) is 7.36. The molecule has 6 heteroatoms. The third-order valence-corrected chi connectivity index (χ3v) is 7.36. The average Bonchev–Trinajstić information content (AvgIpc) is 3.48. The summed E-state index contributed by atoms with van der Waals surface area (Å²) in [4.78, 5) is 4.79. The molecule has 5 nitrogen and oxygen atoms in total. The first-order valence-corrected chi connectivity index (χ1v) is 13.7. The number of hydrogen-bond acceptors (Lipinski definition) is 2. The van der Waals surface area contributed by atoms with Crippen LogP contribution in [-0.2, 0) is 38.9 Å². The number of pyridine rings is 1. The molecule has 0 saturated carbocycles. The van der Waals surface area contributed by atoms with Crippen LogP contribution in [0.1, 0.15) is 60.1 Å². The first-order valence-electron chi connectivity index (χ1n) is 13.7. The zero-order valence-corrected chi connectivity index (χ0v) is 26.9. The van der Waals surface area contributed by atoms with E-state index in [0.717, 1.165) is 33.3 Å². The molecule has 0 aliphatic heterocycles. The smallest absolute Gasteiger partial charge is 0.163 e. The van der Waals surface area contributed by atoms with Gasteiger partial charge in [0.2, 0.25) is 0 Å². The number of ether oxygens (including phenoxy) is 1.